The molecule has 0 aromatic heterocycles. The predicted molar refractivity (Wildman–Crippen MR) is 244 cm³/mol. The van der Waals surface area contributed by atoms with Gasteiger partial charge in [0.2, 0.25) is 0 Å². The molecule has 0 amide bonds. The Labute approximate surface area is 360 Å². The number of allylic oxidation sites excluding steroid dienone is 1. The lowest BCUT2D eigenvalue weighted by Gasteiger charge is -2.25. The van der Waals surface area contributed by atoms with Gasteiger partial charge in [0.25, 0.3) is 0 Å². The van der Waals surface area contributed by atoms with E-state index in [0.717, 1.165) is 103 Å². The maximum absolute atomic E-state index is 10.6. The van der Waals surface area contributed by atoms with E-state index in [0.29, 0.717) is 29.7 Å². The van der Waals surface area contributed by atoms with Crippen molar-refractivity contribution in [2.75, 3.05) is 45.9 Å². The molecule has 8 heteroatoms. The van der Waals surface area contributed by atoms with E-state index in [1.807, 2.05) is 121 Å². The molecule has 302 valence electrons. The van der Waals surface area contributed by atoms with Gasteiger partial charge in [-0.1, -0.05) is 103 Å². The zero-order chi connectivity index (χ0) is 41.3. The summed E-state index contributed by atoms with van der Waals surface area (Å²) in [4.78, 5) is 10.6. The summed E-state index contributed by atoms with van der Waals surface area (Å²) in [5, 5.41) is 12.8. The van der Waals surface area contributed by atoms with E-state index in [9.17, 15) is 4.79 Å². The Bertz CT molecular complexity index is 2200. The molecule has 6 rings (SSSR count). The number of benzene rings is 5. The third kappa shape index (κ3) is 17.4. The van der Waals surface area contributed by atoms with Gasteiger partial charge in [0.1, 0.15) is 31.0 Å². The number of hydrogen-bond donors (Lipinski definition) is 2. The van der Waals surface area contributed by atoms with Crippen molar-refractivity contribution in [2.45, 2.75) is 26.3 Å². The largest absolute Gasteiger partial charge is 0.662 e. The smallest absolute Gasteiger partial charge is 0.150 e. The first-order chi connectivity index (χ1) is 28.9. The summed E-state index contributed by atoms with van der Waals surface area (Å²) < 4.78 is 11.6. The van der Waals surface area contributed by atoms with E-state index in [4.69, 9.17) is 32.7 Å². The van der Waals surface area contributed by atoms with Crippen molar-refractivity contribution in [3.05, 3.63) is 194 Å². The van der Waals surface area contributed by atoms with E-state index in [-0.39, 0.29) is 0 Å². The first-order valence-corrected chi connectivity index (χ1v) is 20.7. The molecule has 1 aliphatic carbocycles. The molecule has 0 radical (unpaired) electrons. The van der Waals surface area contributed by atoms with E-state index in [1.54, 1.807) is 0 Å². The van der Waals surface area contributed by atoms with Crippen LogP contribution in [0.1, 0.15) is 57.9 Å². The lowest BCUT2D eigenvalue weighted by atomic mass is 9.96. The lowest BCUT2D eigenvalue weighted by Crippen LogP contribution is -2.23. The van der Waals surface area contributed by atoms with Gasteiger partial charge in [-0.25, -0.2) is 0 Å². The Hall–Kier alpha value is -5.57. The summed E-state index contributed by atoms with van der Waals surface area (Å²) in [6.07, 6.45) is 9.91. The van der Waals surface area contributed by atoms with Crippen molar-refractivity contribution in [3.8, 4) is 35.2 Å². The van der Waals surface area contributed by atoms with Crippen LogP contribution in [0.4, 0.5) is 0 Å². The molecule has 0 heterocycles. The van der Waals surface area contributed by atoms with Crippen LogP contribution >= 0.6 is 23.2 Å². The highest BCUT2D eigenvalue weighted by Crippen LogP contribution is 2.18. The van der Waals surface area contributed by atoms with E-state index in [1.165, 1.54) is 5.57 Å². The molecule has 2 N–H and O–H groups in total. The maximum atomic E-state index is 10.6. The number of halogens is 2. The number of nitrogens with zero attached hydrogens (tertiary/aromatic N) is 1. The van der Waals surface area contributed by atoms with Gasteiger partial charge in [0.15, 0.2) is 0 Å². The quantitative estimate of drug-likeness (QED) is 0.0555. The highest BCUT2D eigenvalue weighted by molar-refractivity contribution is 6.30. The van der Waals surface area contributed by atoms with E-state index in [2.05, 4.69) is 64.8 Å². The number of rotatable bonds is 17. The molecule has 1 atom stereocenters. The first kappa shape index (κ1) is 44.5. The SMILES string of the molecule is CCC[N-]CC1C=CC(CNCCOc2ccc(C#Cc3ccc(Cl)cc3)cc2)=CC1.O=Cc1ccc(CNCCOc2ccc(C#Cc3ccc(Cl)cc3)cc2)cc1. The summed E-state index contributed by atoms with van der Waals surface area (Å²) in [5.74, 6) is 14.8. The normalized spacial score (nSPS) is 12.7. The number of nitrogens with one attached hydrogen (secondary N) is 2. The second-order valence-corrected chi connectivity index (χ2v) is 14.6. The molecule has 0 spiro atoms. The number of carbonyl (C=O) groups is 1. The molecule has 5 aromatic rings. The average molecular weight is 824 g/mol. The first-order valence-electron chi connectivity index (χ1n) is 19.9. The molecule has 0 aliphatic heterocycles. The van der Waals surface area contributed by atoms with Crippen LogP contribution in [0.15, 0.2) is 145 Å². The minimum atomic E-state index is 0.567. The monoisotopic (exact) mass is 822 g/mol. The van der Waals surface area contributed by atoms with Gasteiger partial charge in [-0.3, -0.25) is 4.79 Å². The van der Waals surface area contributed by atoms with Crippen molar-refractivity contribution in [1.29, 1.82) is 0 Å². The molecule has 59 heavy (non-hydrogen) atoms. The fourth-order valence-electron chi connectivity index (χ4n) is 5.68. The summed E-state index contributed by atoms with van der Waals surface area (Å²) in [6.45, 7) is 8.43. The molecule has 0 saturated carbocycles. The van der Waals surface area contributed by atoms with Crippen molar-refractivity contribution >= 4 is 29.5 Å². The summed E-state index contributed by atoms with van der Waals surface area (Å²) >= 11 is 11.8. The Morgan fingerprint density at radius 2 is 1.14 bits per heavy atom. The van der Waals surface area contributed by atoms with Crippen LogP contribution in [-0.2, 0) is 6.54 Å². The van der Waals surface area contributed by atoms with Gasteiger partial charge < -0.3 is 25.4 Å². The fraction of sp³-hybridized carbons (Fsp3) is 0.235. The van der Waals surface area contributed by atoms with Crippen LogP contribution in [0.2, 0.25) is 10.0 Å². The minimum Gasteiger partial charge on any atom is -0.662 e. The van der Waals surface area contributed by atoms with Crippen LogP contribution in [0.3, 0.4) is 0 Å². The lowest BCUT2D eigenvalue weighted by molar-refractivity contribution is 0.112. The standard InChI is InChI=1S/C27H30ClN2O.C24H20ClNO2/c1-2-17-29-20-24-5-7-25(8-6-24)21-30-18-19-31-27-15-11-23(12-16-27)4-3-22-9-13-26(28)14-10-22;25-23-11-7-19(8-12-23)1-2-20-9-13-24(14-10-20)28-16-15-26-17-21-3-5-22(18-27)6-4-21/h5,7-16,24,30H,2,6,17-21H2,1H3;3-14,18,26H,15-17H2/q-1;. The Kier molecular flexibility index (Phi) is 19.4. The van der Waals surface area contributed by atoms with Crippen molar-refractivity contribution in [3.63, 3.8) is 0 Å². The third-order valence-electron chi connectivity index (χ3n) is 8.98. The molecule has 1 unspecified atom stereocenters. The predicted octanol–water partition coefficient (Wildman–Crippen LogP) is 10.7. The number of ether oxygens (including phenoxy) is 2. The van der Waals surface area contributed by atoms with Crippen molar-refractivity contribution < 1.29 is 14.3 Å². The topological polar surface area (TPSA) is 73.7 Å². The minimum absolute atomic E-state index is 0.567. The van der Waals surface area contributed by atoms with Crippen LogP contribution in [0, 0.1) is 29.6 Å². The van der Waals surface area contributed by atoms with Crippen molar-refractivity contribution in [2.24, 2.45) is 5.92 Å². The number of carbonyl (C=O) groups excluding carboxylic acids is 1. The Balaban J connectivity index is 0.000000225. The van der Waals surface area contributed by atoms with Crippen LogP contribution < -0.4 is 20.1 Å². The fourth-order valence-corrected chi connectivity index (χ4v) is 5.93. The Morgan fingerprint density at radius 1 is 0.661 bits per heavy atom. The second-order valence-electron chi connectivity index (χ2n) is 13.7. The third-order valence-corrected chi connectivity index (χ3v) is 9.48. The van der Waals surface area contributed by atoms with Gasteiger partial charge in [0.05, 0.1) is 0 Å². The molecule has 1 aliphatic rings. The average Bonchev–Trinajstić information content (AvgIpc) is 3.27. The van der Waals surface area contributed by atoms with Gasteiger partial charge in [-0.2, -0.15) is 0 Å². The van der Waals surface area contributed by atoms with Crippen LogP contribution in [0.5, 0.6) is 11.5 Å². The molecule has 5 aromatic carbocycles. The Morgan fingerprint density at radius 3 is 1.58 bits per heavy atom. The summed E-state index contributed by atoms with van der Waals surface area (Å²) in [6, 6.07) is 38.1. The highest BCUT2D eigenvalue weighted by Gasteiger charge is 2.05. The van der Waals surface area contributed by atoms with Gasteiger partial charge >= 0.3 is 0 Å². The molecular formula is C51H50Cl2N3O3-. The van der Waals surface area contributed by atoms with Crippen LogP contribution in [-0.4, -0.2) is 52.2 Å². The van der Waals surface area contributed by atoms with Gasteiger partial charge in [0, 0.05) is 64.0 Å². The number of aldehydes is 1. The summed E-state index contributed by atoms with van der Waals surface area (Å²) in [7, 11) is 0. The molecular weight excluding hydrogens is 773 g/mol. The van der Waals surface area contributed by atoms with Crippen molar-refractivity contribution in [1.82, 2.24) is 10.6 Å². The molecule has 6 nitrogen and oxygen atoms in total. The maximum Gasteiger partial charge on any atom is 0.150 e. The second kappa shape index (κ2) is 25.7. The van der Waals surface area contributed by atoms with E-state index >= 15 is 0 Å². The van der Waals surface area contributed by atoms with Crippen LogP contribution in [0.25, 0.3) is 5.32 Å². The molecule has 0 bridgehead atoms. The zero-order valence-corrected chi connectivity index (χ0v) is 34.9. The van der Waals surface area contributed by atoms with Gasteiger partial charge in [-0.05, 0) is 121 Å². The van der Waals surface area contributed by atoms with E-state index < -0.39 is 0 Å². The highest BCUT2D eigenvalue weighted by atomic mass is 35.5. The van der Waals surface area contributed by atoms with Gasteiger partial charge in [-0.15, -0.1) is 13.1 Å². The molecule has 0 saturated heterocycles. The zero-order valence-electron chi connectivity index (χ0n) is 33.4. The molecule has 0 fully saturated rings. The number of hydrogen-bond acceptors (Lipinski definition) is 5. The summed E-state index contributed by atoms with van der Waals surface area (Å²) in [5.41, 5.74) is 6.92.